The summed E-state index contributed by atoms with van der Waals surface area (Å²) in [7, 11) is -1.84. The zero-order valence-corrected chi connectivity index (χ0v) is 15.4. The van der Waals surface area contributed by atoms with Crippen molar-refractivity contribution < 1.29 is 14.1 Å². The number of ether oxygens (including phenoxy) is 1. The van der Waals surface area contributed by atoms with Crippen LogP contribution < -0.4 is 0 Å². The number of nitro benzene ring substituents is 1. The summed E-state index contributed by atoms with van der Waals surface area (Å²) in [4.78, 5) is 10.3. The number of hydrogen-bond donors (Lipinski definition) is 0. The Morgan fingerprint density at radius 1 is 1.26 bits per heavy atom. The molecule has 5 nitrogen and oxygen atoms in total. The van der Waals surface area contributed by atoms with E-state index in [9.17, 15) is 10.1 Å². The fourth-order valence-corrected chi connectivity index (χ4v) is 3.53. The normalized spacial score (nSPS) is 21.8. The van der Waals surface area contributed by atoms with Crippen molar-refractivity contribution in [2.24, 2.45) is 0 Å². The number of nitro groups is 1. The summed E-state index contributed by atoms with van der Waals surface area (Å²) >= 11 is 0. The minimum absolute atomic E-state index is 0.0184. The molecule has 1 aromatic carbocycles. The van der Waals surface area contributed by atoms with Crippen molar-refractivity contribution in [3.63, 3.8) is 0 Å². The molecule has 1 aromatic rings. The van der Waals surface area contributed by atoms with Gasteiger partial charge in [0, 0.05) is 18.6 Å². The molecule has 2 rings (SSSR count). The third-order valence-corrected chi connectivity index (χ3v) is 9.21. The van der Waals surface area contributed by atoms with Gasteiger partial charge >= 0.3 is 0 Å². The van der Waals surface area contributed by atoms with Crippen LogP contribution in [0.3, 0.4) is 0 Å². The second-order valence-corrected chi connectivity index (χ2v) is 12.2. The van der Waals surface area contributed by atoms with E-state index in [1.807, 2.05) is 6.08 Å². The van der Waals surface area contributed by atoms with E-state index in [4.69, 9.17) is 9.16 Å². The van der Waals surface area contributed by atoms with Gasteiger partial charge in [0.15, 0.2) is 8.32 Å². The van der Waals surface area contributed by atoms with Crippen LogP contribution in [-0.2, 0) is 9.16 Å². The highest BCUT2D eigenvalue weighted by atomic mass is 28.4. The molecule has 0 fully saturated rings. The van der Waals surface area contributed by atoms with Crippen molar-refractivity contribution in [2.75, 3.05) is 0 Å². The Balaban J connectivity index is 2.08. The average Bonchev–Trinajstić information content (AvgIpc) is 2.46. The summed E-state index contributed by atoms with van der Waals surface area (Å²) in [5, 5.41) is 10.9. The van der Waals surface area contributed by atoms with Crippen molar-refractivity contribution in [3.05, 3.63) is 52.3 Å². The van der Waals surface area contributed by atoms with Crippen LogP contribution in [-0.4, -0.2) is 19.3 Å². The summed E-state index contributed by atoms with van der Waals surface area (Å²) in [6.07, 6.45) is 4.26. The van der Waals surface area contributed by atoms with Crippen molar-refractivity contribution in [1.82, 2.24) is 0 Å². The Hall–Kier alpha value is -1.66. The molecular weight excluding hydrogens is 310 g/mol. The largest absolute Gasteiger partial charge is 0.493 e. The molecule has 0 unspecified atom stereocenters. The third kappa shape index (κ3) is 4.20. The standard InChI is InChI=1S/C17H25NO4Si/c1-17(2,3)23(4,5)22-15-10-11-21-16(12-15)13-6-8-14(9-7-13)18(19)20/h6-11,15-16H,12H2,1-5H3/t15-,16+/m1/s1. The van der Waals surface area contributed by atoms with Gasteiger partial charge in [-0.2, -0.15) is 0 Å². The Labute approximate surface area is 138 Å². The molecule has 0 saturated heterocycles. The molecule has 0 amide bonds. The van der Waals surface area contributed by atoms with Gasteiger partial charge < -0.3 is 9.16 Å². The highest BCUT2D eigenvalue weighted by Crippen LogP contribution is 2.39. The monoisotopic (exact) mass is 335 g/mol. The number of non-ortho nitro benzene ring substituents is 1. The highest BCUT2D eigenvalue weighted by molar-refractivity contribution is 6.74. The van der Waals surface area contributed by atoms with E-state index >= 15 is 0 Å². The summed E-state index contributed by atoms with van der Waals surface area (Å²) in [6.45, 7) is 11.1. The van der Waals surface area contributed by atoms with Crippen molar-refractivity contribution in [3.8, 4) is 0 Å². The molecule has 1 heterocycles. The van der Waals surface area contributed by atoms with Crippen molar-refractivity contribution in [2.45, 2.75) is 57.5 Å². The number of nitrogens with zero attached hydrogens (tertiary/aromatic N) is 1. The number of benzene rings is 1. The van der Waals surface area contributed by atoms with Gasteiger partial charge in [0.05, 0.1) is 17.3 Å². The Morgan fingerprint density at radius 2 is 1.87 bits per heavy atom. The maximum Gasteiger partial charge on any atom is 0.269 e. The first-order valence-corrected chi connectivity index (χ1v) is 10.8. The fourth-order valence-electron chi connectivity index (χ4n) is 2.24. The van der Waals surface area contributed by atoms with Crippen LogP contribution in [0.5, 0.6) is 0 Å². The molecule has 0 N–H and O–H groups in total. The molecule has 2 atom stereocenters. The first-order valence-electron chi connectivity index (χ1n) is 7.84. The predicted molar refractivity (Wildman–Crippen MR) is 92.7 cm³/mol. The minimum atomic E-state index is -1.84. The van der Waals surface area contributed by atoms with Gasteiger partial charge in [-0.3, -0.25) is 10.1 Å². The second kappa shape index (κ2) is 6.45. The van der Waals surface area contributed by atoms with Gasteiger partial charge in [0.1, 0.15) is 6.10 Å². The smallest absolute Gasteiger partial charge is 0.269 e. The lowest BCUT2D eigenvalue weighted by Crippen LogP contribution is -2.44. The van der Waals surface area contributed by atoms with Gasteiger partial charge in [-0.15, -0.1) is 0 Å². The molecule has 23 heavy (non-hydrogen) atoms. The third-order valence-electron chi connectivity index (χ3n) is 4.71. The zero-order chi connectivity index (χ0) is 17.3. The van der Waals surface area contributed by atoms with E-state index in [2.05, 4.69) is 33.9 Å². The van der Waals surface area contributed by atoms with E-state index in [0.717, 1.165) is 12.0 Å². The quantitative estimate of drug-likeness (QED) is 0.443. The van der Waals surface area contributed by atoms with Crippen LogP contribution in [0.4, 0.5) is 5.69 Å². The van der Waals surface area contributed by atoms with Crippen LogP contribution >= 0.6 is 0 Å². The van der Waals surface area contributed by atoms with Gasteiger partial charge in [-0.1, -0.05) is 20.8 Å². The van der Waals surface area contributed by atoms with Gasteiger partial charge in [0.25, 0.3) is 5.69 Å². The predicted octanol–water partition coefficient (Wildman–Crippen LogP) is 4.96. The van der Waals surface area contributed by atoms with Gasteiger partial charge in [-0.25, -0.2) is 0 Å². The Bertz CT molecular complexity index is 590. The van der Waals surface area contributed by atoms with Gasteiger partial charge in [-0.05, 0) is 41.9 Å². The van der Waals surface area contributed by atoms with E-state index in [1.165, 1.54) is 12.1 Å². The first-order chi connectivity index (χ1) is 10.6. The van der Waals surface area contributed by atoms with Crippen LogP contribution in [0.2, 0.25) is 18.1 Å². The molecule has 0 saturated carbocycles. The lowest BCUT2D eigenvalue weighted by atomic mass is 10.0. The maximum absolute atomic E-state index is 10.7. The number of hydrogen-bond acceptors (Lipinski definition) is 4. The number of rotatable bonds is 4. The van der Waals surface area contributed by atoms with E-state index < -0.39 is 13.2 Å². The van der Waals surface area contributed by atoms with E-state index in [1.54, 1.807) is 18.4 Å². The molecule has 1 aliphatic heterocycles. The Kier molecular flexibility index (Phi) is 4.96. The van der Waals surface area contributed by atoms with Gasteiger partial charge in [0.2, 0.25) is 0 Å². The summed E-state index contributed by atoms with van der Waals surface area (Å²) in [6, 6.07) is 6.54. The lowest BCUT2D eigenvalue weighted by Gasteiger charge is -2.40. The van der Waals surface area contributed by atoms with E-state index in [-0.39, 0.29) is 22.9 Å². The lowest BCUT2D eigenvalue weighted by molar-refractivity contribution is -0.384. The summed E-state index contributed by atoms with van der Waals surface area (Å²) in [5.74, 6) is 0. The summed E-state index contributed by atoms with van der Waals surface area (Å²) in [5.41, 5.74) is 1.03. The van der Waals surface area contributed by atoms with Crippen molar-refractivity contribution in [1.29, 1.82) is 0 Å². The molecule has 0 aromatic heterocycles. The van der Waals surface area contributed by atoms with E-state index in [0.29, 0.717) is 0 Å². The van der Waals surface area contributed by atoms with Crippen LogP contribution in [0.25, 0.3) is 0 Å². The fraction of sp³-hybridized carbons (Fsp3) is 0.529. The molecule has 0 spiro atoms. The molecule has 6 heteroatoms. The Morgan fingerprint density at radius 3 is 2.39 bits per heavy atom. The molecule has 0 radical (unpaired) electrons. The zero-order valence-electron chi connectivity index (χ0n) is 14.4. The van der Waals surface area contributed by atoms with Crippen LogP contribution in [0.1, 0.15) is 38.9 Å². The van der Waals surface area contributed by atoms with Crippen molar-refractivity contribution >= 4 is 14.0 Å². The first kappa shape index (κ1) is 17.7. The molecule has 126 valence electrons. The second-order valence-electron chi connectivity index (χ2n) is 7.45. The summed E-state index contributed by atoms with van der Waals surface area (Å²) < 4.78 is 12.1. The maximum atomic E-state index is 10.7. The molecule has 0 aliphatic carbocycles. The highest BCUT2D eigenvalue weighted by Gasteiger charge is 2.39. The van der Waals surface area contributed by atoms with Crippen LogP contribution in [0.15, 0.2) is 36.6 Å². The van der Waals surface area contributed by atoms with Crippen LogP contribution in [0, 0.1) is 10.1 Å². The average molecular weight is 335 g/mol. The molecule has 0 bridgehead atoms. The minimum Gasteiger partial charge on any atom is -0.493 e. The molecule has 1 aliphatic rings. The SMILES string of the molecule is CC(C)(C)[Si](C)(C)O[C@@H]1C=CO[C@H](c2ccc([N+](=O)[O-])cc2)C1. The topological polar surface area (TPSA) is 61.6 Å². The molecular formula is C17H25NO4Si.